The Morgan fingerprint density at radius 2 is 1.17 bits per heavy atom. The van der Waals surface area contributed by atoms with E-state index in [1.54, 1.807) is 20.8 Å². The first-order chi connectivity index (χ1) is 18.9. The van der Waals surface area contributed by atoms with Gasteiger partial charge in [0, 0.05) is 12.8 Å². The van der Waals surface area contributed by atoms with E-state index in [2.05, 4.69) is 0 Å². The van der Waals surface area contributed by atoms with Crippen molar-refractivity contribution in [3.63, 3.8) is 0 Å². The fourth-order valence-corrected chi connectivity index (χ4v) is 3.22. The molecule has 0 amide bonds. The number of hydrogen-bond donors (Lipinski definition) is 1. The van der Waals surface area contributed by atoms with Crippen LogP contribution in [0.3, 0.4) is 0 Å². The molecule has 1 unspecified atom stereocenters. The molecule has 0 aliphatic heterocycles. The van der Waals surface area contributed by atoms with E-state index in [0.717, 1.165) is 0 Å². The minimum Gasteiger partial charge on any atom is -0.457 e. The second kappa shape index (κ2) is 16.3. The lowest BCUT2D eigenvalue weighted by atomic mass is 9.93. The van der Waals surface area contributed by atoms with Crippen LogP contribution in [0.5, 0.6) is 11.5 Å². The number of carbonyl (C=O) groups excluding carboxylic acids is 4. The van der Waals surface area contributed by atoms with Crippen LogP contribution in [0.15, 0.2) is 18.2 Å². The van der Waals surface area contributed by atoms with Crippen molar-refractivity contribution >= 4 is 24.1 Å². The lowest BCUT2D eigenvalue weighted by Crippen LogP contribution is -2.46. The molecular weight excluding hydrogens is 530 g/mol. The van der Waals surface area contributed by atoms with Gasteiger partial charge < -0.3 is 29.4 Å². The van der Waals surface area contributed by atoms with Crippen molar-refractivity contribution in [3.05, 3.63) is 23.8 Å². The van der Waals surface area contributed by atoms with Crippen molar-refractivity contribution in [1.29, 1.82) is 0 Å². The van der Waals surface area contributed by atoms with E-state index in [-0.39, 0.29) is 47.8 Å². The van der Waals surface area contributed by atoms with Gasteiger partial charge in [-0.1, -0.05) is 47.6 Å². The summed E-state index contributed by atoms with van der Waals surface area (Å²) in [5, 5.41) is 0. The maximum Gasteiger partial charge on any atom is 0.508 e. The summed E-state index contributed by atoms with van der Waals surface area (Å²) in [5.41, 5.74) is 4.99. The first-order valence-corrected chi connectivity index (χ1v) is 14.4. The highest BCUT2D eigenvalue weighted by Crippen LogP contribution is 2.34. The van der Waals surface area contributed by atoms with Crippen LogP contribution in [-0.4, -0.2) is 42.4 Å². The smallest absolute Gasteiger partial charge is 0.457 e. The molecule has 0 aromatic heterocycles. The highest BCUT2D eigenvalue weighted by atomic mass is 16.7. The van der Waals surface area contributed by atoms with Crippen molar-refractivity contribution in [3.8, 4) is 11.5 Å². The van der Waals surface area contributed by atoms with E-state index in [9.17, 15) is 19.2 Å². The zero-order valence-electron chi connectivity index (χ0n) is 26.3. The number of hydrogen-bond acceptors (Lipinski definition) is 10. The van der Waals surface area contributed by atoms with Gasteiger partial charge in [-0.2, -0.15) is 0 Å². The average Bonchev–Trinajstić information content (AvgIpc) is 2.86. The molecular formula is C31H49NO9. The largest absolute Gasteiger partial charge is 0.508 e. The van der Waals surface area contributed by atoms with Gasteiger partial charge in [-0.15, -0.1) is 0 Å². The van der Waals surface area contributed by atoms with Gasteiger partial charge in [0.25, 0.3) is 0 Å². The molecule has 0 heterocycles. The standard InChI is InChI=1S/C31H49NO9/c1-18(2)11-15-27(33)40-25-14-13-24(17-26(25)41-28(34)16-12-19(3)4)31(10,32)29(35)37-22(8)23(9)39-30(36)38-21(7)20(5)6/h13-14,17-23H,11-12,15-16,32H2,1-10H3/t21?,22-,23-,31-/m0/s1. The van der Waals surface area contributed by atoms with E-state index in [4.69, 9.17) is 29.4 Å². The van der Waals surface area contributed by atoms with Crippen LogP contribution >= 0.6 is 0 Å². The van der Waals surface area contributed by atoms with E-state index in [1.165, 1.54) is 25.1 Å². The predicted octanol–water partition coefficient (Wildman–Crippen LogP) is 6.06. The van der Waals surface area contributed by atoms with Crippen LogP contribution < -0.4 is 15.2 Å². The predicted molar refractivity (Wildman–Crippen MR) is 154 cm³/mol. The fraction of sp³-hybridized carbons (Fsp3) is 0.677. The molecule has 1 aromatic rings. The maximum absolute atomic E-state index is 13.1. The van der Waals surface area contributed by atoms with E-state index in [0.29, 0.717) is 18.8 Å². The summed E-state index contributed by atoms with van der Waals surface area (Å²) in [6.07, 6.45) is -1.24. The third-order valence-corrected chi connectivity index (χ3v) is 6.72. The van der Waals surface area contributed by atoms with Crippen molar-refractivity contribution in [2.75, 3.05) is 0 Å². The van der Waals surface area contributed by atoms with E-state index in [1.807, 2.05) is 41.5 Å². The van der Waals surface area contributed by atoms with Gasteiger partial charge in [-0.3, -0.25) is 9.59 Å². The molecule has 0 spiro atoms. The number of rotatable bonds is 15. The Bertz CT molecular complexity index is 1030. The normalized spacial score (nSPS) is 15.1. The molecule has 0 aliphatic carbocycles. The van der Waals surface area contributed by atoms with Crippen molar-refractivity contribution < 1.29 is 42.9 Å². The quantitative estimate of drug-likeness (QED) is 0.192. The molecule has 0 fully saturated rings. The third-order valence-electron chi connectivity index (χ3n) is 6.72. The molecule has 10 heteroatoms. The zero-order chi connectivity index (χ0) is 31.5. The maximum atomic E-state index is 13.1. The molecule has 1 aromatic carbocycles. The van der Waals surface area contributed by atoms with Crippen LogP contribution in [0.25, 0.3) is 0 Å². The minimum atomic E-state index is -1.68. The van der Waals surface area contributed by atoms with Gasteiger partial charge in [-0.25, -0.2) is 9.59 Å². The summed E-state index contributed by atoms with van der Waals surface area (Å²) in [6.45, 7) is 18.1. The zero-order valence-corrected chi connectivity index (χ0v) is 26.3. The van der Waals surface area contributed by atoms with Gasteiger partial charge in [0.05, 0.1) is 0 Å². The van der Waals surface area contributed by atoms with Crippen molar-refractivity contribution in [1.82, 2.24) is 0 Å². The molecule has 41 heavy (non-hydrogen) atoms. The molecule has 4 atom stereocenters. The highest BCUT2D eigenvalue weighted by molar-refractivity contribution is 5.83. The van der Waals surface area contributed by atoms with Crippen LogP contribution in [0.4, 0.5) is 4.79 Å². The Balaban J connectivity index is 3.09. The van der Waals surface area contributed by atoms with Crippen LogP contribution in [0, 0.1) is 17.8 Å². The topological polar surface area (TPSA) is 140 Å². The van der Waals surface area contributed by atoms with Gasteiger partial charge in [-0.05, 0) is 76.0 Å². The first kappa shape index (κ1) is 35.9. The molecule has 0 radical (unpaired) electrons. The fourth-order valence-electron chi connectivity index (χ4n) is 3.22. The summed E-state index contributed by atoms with van der Waals surface area (Å²) in [5.74, 6) is -1.03. The van der Waals surface area contributed by atoms with Crippen LogP contribution in [-0.2, 0) is 34.1 Å². The number of benzene rings is 1. The monoisotopic (exact) mass is 579 g/mol. The average molecular weight is 580 g/mol. The lowest BCUT2D eigenvalue weighted by Gasteiger charge is -2.28. The van der Waals surface area contributed by atoms with Crippen molar-refractivity contribution in [2.45, 2.75) is 119 Å². The van der Waals surface area contributed by atoms with E-state index >= 15 is 0 Å². The second-order valence-corrected chi connectivity index (χ2v) is 11.9. The molecule has 2 N–H and O–H groups in total. The first-order valence-electron chi connectivity index (χ1n) is 14.4. The number of carbonyl (C=O) groups is 4. The molecule has 0 saturated carbocycles. The van der Waals surface area contributed by atoms with Crippen LogP contribution in [0.2, 0.25) is 0 Å². The molecule has 0 saturated heterocycles. The Labute approximate surface area is 244 Å². The summed E-state index contributed by atoms with van der Waals surface area (Å²) < 4.78 is 27.0. The van der Waals surface area contributed by atoms with Gasteiger partial charge >= 0.3 is 24.1 Å². The Hall–Kier alpha value is -3.14. The van der Waals surface area contributed by atoms with Gasteiger partial charge in [0.15, 0.2) is 11.5 Å². The summed E-state index contributed by atoms with van der Waals surface area (Å²) >= 11 is 0. The summed E-state index contributed by atoms with van der Waals surface area (Å²) in [6, 6.07) is 4.34. The molecule has 10 nitrogen and oxygen atoms in total. The van der Waals surface area contributed by atoms with Crippen molar-refractivity contribution in [2.24, 2.45) is 23.5 Å². The van der Waals surface area contributed by atoms with Gasteiger partial charge in [0.2, 0.25) is 0 Å². The summed E-state index contributed by atoms with van der Waals surface area (Å²) in [4.78, 5) is 50.2. The third kappa shape index (κ3) is 12.5. The SMILES string of the molecule is CC(C)CCC(=O)Oc1ccc([C@](C)(N)C(=O)O[C@@H](C)[C@H](C)OC(=O)OC(C)C(C)C)cc1OC(=O)CCC(C)C. The number of esters is 3. The minimum absolute atomic E-state index is 0.0228. The number of nitrogens with two attached hydrogens (primary N) is 1. The highest BCUT2D eigenvalue weighted by Gasteiger charge is 2.36. The molecule has 0 bridgehead atoms. The lowest BCUT2D eigenvalue weighted by molar-refractivity contribution is -0.160. The molecule has 1 rings (SSSR count). The Kier molecular flexibility index (Phi) is 14.3. The Morgan fingerprint density at radius 1 is 0.707 bits per heavy atom. The Morgan fingerprint density at radius 3 is 1.66 bits per heavy atom. The molecule has 232 valence electrons. The number of ether oxygens (including phenoxy) is 5. The van der Waals surface area contributed by atoms with E-state index < -0.39 is 41.8 Å². The molecule has 0 aliphatic rings. The summed E-state index contributed by atoms with van der Waals surface area (Å²) in [7, 11) is 0. The second-order valence-electron chi connectivity index (χ2n) is 11.9. The van der Waals surface area contributed by atoms with Crippen LogP contribution in [0.1, 0.15) is 100 Å². The van der Waals surface area contributed by atoms with Gasteiger partial charge in [0.1, 0.15) is 23.9 Å².